The number of fused-ring (bicyclic) bond motifs is 1. The molecule has 2 atom stereocenters. The molecule has 0 radical (unpaired) electrons. The zero-order chi connectivity index (χ0) is 12.5. The Morgan fingerprint density at radius 2 is 2.44 bits per heavy atom. The van der Waals surface area contributed by atoms with Crippen LogP contribution in [-0.4, -0.2) is 41.7 Å². The molecule has 1 aromatic rings. The molecule has 0 saturated carbocycles. The van der Waals surface area contributed by atoms with E-state index in [4.69, 9.17) is 4.42 Å². The van der Waals surface area contributed by atoms with E-state index in [1.165, 1.54) is 5.56 Å². The zero-order valence-electron chi connectivity index (χ0n) is 10.3. The third kappa shape index (κ3) is 1.93. The van der Waals surface area contributed by atoms with E-state index in [1.807, 2.05) is 6.07 Å². The molecule has 1 saturated heterocycles. The van der Waals surface area contributed by atoms with Gasteiger partial charge in [-0.15, -0.1) is 0 Å². The van der Waals surface area contributed by atoms with E-state index in [-0.39, 0.29) is 6.04 Å². The average Bonchev–Trinajstić information content (AvgIpc) is 2.86. The molecule has 0 bridgehead atoms. The van der Waals surface area contributed by atoms with Crippen LogP contribution < -0.4 is 5.32 Å². The Kier molecular flexibility index (Phi) is 3.09. The normalized spacial score (nSPS) is 28.9. The van der Waals surface area contributed by atoms with Crippen LogP contribution in [-0.2, 0) is 11.2 Å². The highest BCUT2D eigenvalue weighted by Gasteiger charge is 2.36. The molecule has 3 rings (SSSR count). The monoisotopic (exact) mass is 250 g/mol. The molecule has 2 aliphatic rings. The minimum absolute atomic E-state index is 0.204. The molecule has 1 aromatic heterocycles. The van der Waals surface area contributed by atoms with Crippen LogP contribution in [0.4, 0.5) is 0 Å². The largest absolute Gasteiger partial charge is 0.480 e. The Balaban J connectivity index is 1.88. The van der Waals surface area contributed by atoms with Crippen LogP contribution in [0.1, 0.15) is 30.2 Å². The second kappa shape index (κ2) is 4.74. The molecule has 5 nitrogen and oxygen atoms in total. The summed E-state index contributed by atoms with van der Waals surface area (Å²) >= 11 is 0. The Labute approximate surface area is 106 Å². The number of furan rings is 1. The smallest absolute Gasteiger partial charge is 0.322 e. The van der Waals surface area contributed by atoms with Gasteiger partial charge in [0.1, 0.15) is 11.8 Å². The van der Waals surface area contributed by atoms with E-state index in [9.17, 15) is 9.90 Å². The Morgan fingerprint density at radius 1 is 1.56 bits per heavy atom. The minimum Gasteiger partial charge on any atom is -0.480 e. The molecule has 98 valence electrons. The van der Waals surface area contributed by atoms with Gasteiger partial charge >= 0.3 is 5.97 Å². The molecular weight excluding hydrogens is 232 g/mol. The van der Waals surface area contributed by atoms with Crippen LogP contribution in [0.2, 0.25) is 0 Å². The van der Waals surface area contributed by atoms with Crippen LogP contribution in [0.15, 0.2) is 16.7 Å². The number of nitrogens with zero attached hydrogens (tertiary/aromatic N) is 1. The summed E-state index contributed by atoms with van der Waals surface area (Å²) in [6, 6.07) is 1.78. The van der Waals surface area contributed by atoms with Crippen molar-refractivity contribution < 1.29 is 14.3 Å². The molecule has 2 unspecified atom stereocenters. The number of rotatable bonds is 2. The van der Waals surface area contributed by atoms with Gasteiger partial charge in [0, 0.05) is 37.7 Å². The van der Waals surface area contributed by atoms with Crippen LogP contribution in [0, 0.1) is 0 Å². The van der Waals surface area contributed by atoms with E-state index < -0.39 is 12.0 Å². The SMILES string of the molecule is O=C(O)C1CNCCN1C1CCCc2occc21. The van der Waals surface area contributed by atoms with Gasteiger partial charge in [0.25, 0.3) is 0 Å². The standard InChI is InChI=1S/C13H18N2O3/c16-13(17)11-8-14-5-6-15(11)10-2-1-3-12-9(10)4-7-18-12/h4,7,10-11,14H,1-3,5-6,8H2,(H,16,17). The van der Waals surface area contributed by atoms with Crippen molar-refractivity contribution in [3.8, 4) is 0 Å². The summed E-state index contributed by atoms with van der Waals surface area (Å²) in [7, 11) is 0. The molecule has 2 heterocycles. The lowest BCUT2D eigenvalue weighted by molar-refractivity contribution is -0.145. The molecule has 1 aliphatic heterocycles. The van der Waals surface area contributed by atoms with Crippen LogP contribution in [0.25, 0.3) is 0 Å². The van der Waals surface area contributed by atoms with Gasteiger partial charge in [-0.05, 0) is 18.9 Å². The number of aliphatic carboxylic acids is 1. The maximum absolute atomic E-state index is 11.4. The second-order valence-electron chi connectivity index (χ2n) is 5.00. The van der Waals surface area contributed by atoms with Gasteiger partial charge in [0.05, 0.1) is 6.26 Å². The lowest BCUT2D eigenvalue weighted by Crippen LogP contribution is -2.56. The first kappa shape index (κ1) is 11.7. The van der Waals surface area contributed by atoms with E-state index in [1.54, 1.807) is 6.26 Å². The highest BCUT2D eigenvalue weighted by Crippen LogP contribution is 2.36. The number of carbonyl (C=O) groups is 1. The van der Waals surface area contributed by atoms with Gasteiger partial charge in [-0.2, -0.15) is 0 Å². The molecule has 0 amide bonds. The number of carboxylic acid groups (broad SMARTS) is 1. The van der Waals surface area contributed by atoms with Crippen LogP contribution in [0.5, 0.6) is 0 Å². The van der Waals surface area contributed by atoms with Crippen molar-refractivity contribution >= 4 is 5.97 Å². The van der Waals surface area contributed by atoms with Gasteiger partial charge in [0.15, 0.2) is 0 Å². The minimum atomic E-state index is -0.738. The van der Waals surface area contributed by atoms with Crippen molar-refractivity contribution in [3.05, 3.63) is 23.7 Å². The number of nitrogens with one attached hydrogen (secondary N) is 1. The first-order valence-electron chi connectivity index (χ1n) is 6.53. The van der Waals surface area contributed by atoms with Crippen molar-refractivity contribution in [3.63, 3.8) is 0 Å². The molecule has 0 aromatic carbocycles. The van der Waals surface area contributed by atoms with E-state index in [0.717, 1.165) is 38.1 Å². The van der Waals surface area contributed by atoms with Crippen molar-refractivity contribution in [2.45, 2.75) is 31.3 Å². The third-order valence-corrected chi connectivity index (χ3v) is 3.99. The van der Waals surface area contributed by atoms with Crippen molar-refractivity contribution in [2.75, 3.05) is 19.6 Å². The van der Waals surface area contributed by atoms with Crippen LogP contribution >= 0.6 is 0 Å². The molecule has 18 heavy (non-hydrogen) atoms. The zero-order valence-corrected chi connectivity index (χ0v) is 10.3. The summed E-state index contributed by atoms with van der Waals surface area (Å²) in [5, 5.41) is 12.5. The number of aryl methyl sites for hydroxylation is 1. The predicted molar refractivity (Wildman–Crippen MR) is 65.4 cm³/mol. The van der Waals surface area contributed by atoms with Crippen molar-refractivity contribution in [1.29, 1.82) is 0 Å². The maximum Gasteiger partial charge on any atom is 0.322 e. The first-order valence-corrected chi connectivity index (χ1v) is 6.53. The van der Waals surface area contributed by atoms with Gasteiger partial charge in [0.2, 0.25) is 0 Å². The third-order valence-electron chi connectivity index (χ3n) is 3.99. The van der Waals surface area contributed by atoms with Gasteiger partial charge < -0.3 is 14.8 Å². The molecule has 2 N–H and O–H groups in total. The molecular formula is C13H18N2O3. The van der Waals surface area contributed by atoms with Crippen LogP contribution in [0.3, 0.4) is 0 Å². The van der Waals surface area contributed by atoms with E-state index >= 15 is 0 Å². The molecule has 1 aliphatic carbocycles. The fourth-order valence-electron chi connectivity index (χ4n) is 3.13. The fraction of sp³-hybridized carbons (Fsp3) is 0.615. The Morgan fingerprint density at radius 3 is 3.28 bits per heavy atom. The van der Waals surface area contributed by atoms with Crippen molar-refractivity contribution in [2.24, 2.45) is 0 Å². The Hall–Kier alpha value is -1.33. The van der Waals surface area contributed by atoms with E-state index in [0.29, 0.717) is 6.54 Å². The number of hydrogen-bond donors (Lipinski definition) is 2. The number of carboxylic acids is 1. The second-order valence-corrected chi connectivity index (χ2v) is 5.00. The fourth-order valence-corrected chi connectivity index (χ4v) is 3.13. The first-order chi connectivity index (χ1) is 8.77. The summed E-state index contributed by atoms with van der Waals surface area (Å²) in [6.45, 7) is 2.17. The molecule has 1 fully saturated rings. The highest BCUT2D eigenvalue weighted by atomic mass is 16.4. The Bertz CT molecular complexity index is 443. The lowest BCUT2D eigenvalue weighted by atomic mass is 9.90. The summed E-state index contributed by atoms with van der Waals surface area (Å²) in [5.74, 6) is 0.298. The summed E-state index contributed by atoms with van der Waals surface area (Å²) < 4.78 is 5.48. The average molecular weight is 250 g/mol. The number of piperazine rings is 1. The summed E-state index contributed by atoms with van der Waals surface area (Å²) in [5.41, 5.74) is 1.19. The van der Waals surface area contributed by atoms with Gasteiger partial charge in [-0.1, -0.05) is 0 Å². The summed E-state index contributed by atoms with van der Waals surface area (Å²) in [6.07, 6.45) is 4.79. The lowest BCUT2D eigenvalue weighted by Gasteiger charge is -2.40. The maximum atomic E-state index is 11.4. The van der Waals surface area contributed by atoms with Crippen molar-refractivity contribution in [1.82, 2.24) is 10.2 Å². The quantitative estimate of drug-likeness (QED) is 0.820. The predicted octanol–water partition coefficient (Wildman–Crippen LogP) is 1.02. The topological polar surface area (TPSA) is 65.7 Å². The van der Waals surface area contributed by atoms with Gasteiger partial charge in [-0.25, -0.2) is 0 Å². The summed E-state index contributed by atoms with van der Waals surface area (Å²) in [4.78, 5) is 13.5. The molecule has 0 spiro atoms. The van der Waals surface area contributed by atoms with E-state index in [2.05, 4.69) is 10.2 Å². The highest BCUT2D eigenvalue weighted by molar-refractivity contribution is 5.74. The number of hydrogen-bond acceptors (Lipinski definition) is 4. The molecule has 5 heteroatoms. The van der Waals surface area contributed by atoms with Gasteiger partial charge in [-0.3, -0.25) is 9.69 Å².